The molecule has 2 amide bonds. The number of pyridine rings is 1. The Morgan fingerprint density at radius 1 is 1.11 bits per heavy atom. The molecule has 1 aliphatic rings. The molecule has 0 fully saturated rings. The van der Waals surface area contributed by atoms with E-state index < -0.39 is 5.91 Å². The number of carbonyl (C=O) groups excluding carboxylic acids is 2. The van der Waals surface area contributed by atoms with Gasteiger partial charge < -0.3 is 11.1 Å². The highest BCUT2D eigenvalue weighted by molar-refractivity contribution is 6.21. The Morgan fingerprint density at radius 2 is 1.89 bits per heavy atom. The van der Waals surface area contributed by atoms with Crippen LogP contribution in [0.1, 0.15) is 20.7 Å². The van der Waals surface area contributed by atoms with Crippen molar-refractivity contribution in [1.29, 1.82) is 0 Å². The number of anilines is 3. The van der Waals surface area contributed by atoms with Gasteiger partial charge in [-0.15, -0.1) is 0 Å². The van der Waals surface area contributed by atoms with Crippen LogP contribution < -0.4 is 16.4 Å². The van der Waals surface area contributed by atoms with Crippen molar-refractivity contribution < 1.29 is 9.59 Å². The summed E-state index contributed by atoms with van der Waals surface area (Å²) in [6.45, 7) is 0. The number of hydrogen-bond donors (Lipinski definition) is 3. The molecule has 0 aliphatic carbocycles. The van der Waals surface area contributed by atoms with Crippen LogP contribution in [-0.4, -0.2) is 16.8 Å². The van der Waals surface area contributed by atoms with Gasteiger partial charge >= 0.3 is 0 Å². The summed E-state index contributed by atoms with van der Waals surface area (Å²) in [5, 5.41) is 5.25. The standard InChI is InChI=1S/C13H10N4O2/c14-10-2-1-5-15-11(10)16-7-3-4-8-9(6-7)13(19)17-12(8)18/h1-6H,14H2,(H,15,16)(H,17,18,19). The van der Waals surface area contributed by atoms with Crippen LogP contribution in [0.3, 0.4) is 0 Å². The molecule has 0 saturated heterocycles. The molecular formula is C13H10N4O2. The highest BCUT2D eigenvalue weighted by Gasteiger charge is 2.26. The number of nitrogens with two attached hydrogens (primary N) is 1. The monoisotopic (exact) mass is 254 g/mol. The van der Waals surface area contributed by atoms with Gasteiger partial charge in [0.2, 0.25) is 0 Å². The van der Waals surface area contributed by atoms with E-state index in [0.717, 1.165) is 0 Å². The van der Waals surface area contributed by atoms with Crippen LogP contribution in [0.5, 0.6) is 0 Å². The van der Waals surface area contributed by atoms with E-state index in [1.54, 1.807) is 36.5 Å². The fourth-order valence-electron chi connectivity index (χ4n) is 1.90. The van der Waals surface area contributed by atoms with E-state index in [1.165, 1.54) is 0 Å². The van der Waals surface area contributed by atoms with Gasteiger partial charge in [0.25, 0.3) is 11.8 Å². The van der Waals surface area contributed by atoms with E-state index in [9.17, 15) is 9.59 Å². The Labute approximate surface area is 108 Å². The first kappa shape index (κ1) is 11.2. The Hall–Kier alpha value is -2.89. The molecule has 0 bridgehead atoms. The first-order valence-corrected chi connectivity index (χ1v) is 5.62. The van der Waals surface area contributed by atoms with Crippen LogP contribution >= 0.6 is 0 Å². The molecule has 0 atom stereocenters. The minimum absolute atomic E-state index is 0.351. The molecule has 1 aliphatic heterocycles. The third-order valence-electron chi connectivity index (χ3n) is 2.84. The molecule has 1 aromatic heterocycles. The lowest BCUT2D eigenvalue weighted by molar-refractivity contribution is 0.0879. The lowest BCUT2D eigenvalue weighted by Gasteiger charge is -2.08. The van der Waals surface area contributed by atoms with E-state index in [2.05, 4.69) is 15.6 Å². The quantitative estimate of drug-likeness (QED) is 0.701. The third kappa shape index (κ3) is 1.89. The van der Waals surface area contributed by atoms with E-state index in [1.807, 2.05) is 0 Å². The smallest absolute Gasteiger partial charge is 0.259 e. The second-order valence-corrected chi connectivity index (χ2v) is 4.11. The predicted octanol–water partition coefficient (Wildman–Crippen LogP) is 1.29. The van der Waals surface area contributed by atoms with Crippen molar-refractivity contribution in [2.45, 2.75) is 0 Å². The van der Waals surface area contributed by atoms with E-state index >= 15 is 0 Å². The van der Waals surface area contributed by atoms with Crippen LogP contribution in [0.25, 0.3) is 0 Å². The van der Waals surface area contributed by atoms with Crippen molar-refractivity contribution >= 4 is 29.0 Å². The summed E-state index contributed by atoms with van der Waals surface area (Å²) in [7, 11) is 0. The zero-order valence-corrected chi connectivity index (χ0v) is 9.81. The first-order valence-electron chi connectivity index (χ1n) is 5.62. The van der Waals surface area contributed by atoms with Crippen molar-refractivity contribution in [3.8, 4) is 0 Å². The van der Waals surface area contributed by atoms with E-state index in [0.29, 0.717) is 28.3 Å². The topological polar surface area (TPSA) is 97.1 Å². The molecule has 1 aromatic carbocycles. The predicted molar refractivity (Wildman–Crippen MR) is 70.2 cm³/mol. The average molecular weight is 254 g/mol. The largest absolute Gasteiger partial charge is 0.396 e. The first-order chi connectivity index (χ1) is 9.15. The summed E-state index contributed by atoms with van der Waals surface area (Å²) >= 11 is 0. The normalized spacial score (nSPS) is 13.1. The lowest BCUT2D eigenvalue weighted by atomic mass is 10.1. The number of rotatable bonds is 2. The van der Waals surface area contributed by atoms with Gasteiger partial charge in [0.05, 0.1) is 16.8 Å². The van der Waals surface area contributed by atoms with Gasteiger partial charge in [-0.2, -0.15) is 0 Å². The fourth-order valence-corrected chi connectivity index (χ4v) is 1.90. The minimum Gasteiger partial charge on any atom is -0.396 e. The summed E-state index contributed by atoms with van der Waals surface area (Å²) in [5.74, 6) is -0.256. The molecule has 3 rings (SSSR count). The third-order valence-corrected chi connectivity index (χ3v) is 2.84. The van der Waals surface area contributed by atoms with Gasteiger partial charge in [0.1, 0.15) is 0 Å². The summed E-state index contributed by atoms with van der Waals surface area (Å²) in [4.78, 5) is 27.1. The van der Waals surface area contributed by atoms with Crippen LogP contribution in [0.4, 0.5) is 17.2 Å². The fraction of sp³-hybridized carbons (Fsp3) is 0. The number of amides is 2. The van der Waals surface area contributed by atoms with Crippen LogP contribution in [0.2, 0.25) is 0 Å². The SMILES string of the molecule is Nc1cccnc1Nc1ccc2c(c1)C(=O)NC2=O. The molecule has 0 saturated carbocycles. The molecule has 0 spiro atoms. The number of hydrogen-bond acceptors (Lipinski definition) is 5. The number of imide groups is 1. The van der Waals surface area contributed by atoms with Crippen molar-refractivity contribution in [3.05, 3.63) is 47.7 Å². The Bertz CT molecular complexity index is 697. The summed E-state index contributed by atoms with van der Waals surface area (Å²) in [5.41, 5.74) is 7.65. The Balaban J connectivity index is 1.96. The van der Waals surface area contributed by atoms with Gasteiger partial charge in [-0.1, -0.05) is 0 Å². The molecule has 0 radical (unpaired) electrons. The Kier molecular flexibility index (Phi) is 2.42. The van der Waals surface area contributed by atoms with Gasteiger partial charge in [-0.05, 0) is 30.3 Å². The zero-order valence-electron chi connectivity index (χ0n) is 9.81. The number of nitrogens with zero attached hydrogens (tertiary/aromatic N) is 1. The maximum absolute atomic E-state index is 11.5. The maximum Gasteiger partial charge on any atom is 0.259 e. The molecule has 2 aromatic rings. The maximum atomic E-state index is 11.5. The molecule has 0 unspecified atom stereocenters. The number of aromatic nitrogens is 1. The summed E-state index contributed by atoms with van der Waals surface area (Å²) in [6.07, 6.45) is 1.61. The molecular weight excluding hydrogens is 244 g/mol. The summed E-state index contributed by atoms with van der Waals surface area (Å²) < 4.78 is 0. The average Bonchev–Trinajstić information content (AvgIpc) is 2.68. The molecule has 6 nitrogen and oxygen atoms in total. The van der Waals surface area contributed by atoms with Gasteiger partial charge in [0.15, 0.2) is 5.82 Å². The second kappa shape index (κ2) is 4.09. The zero-order chi connectivity index (χ0) is 13.4. The van der Waals surface area contributed by atoms with Crippen molar-refractivity contribution in [1.82, 2.24) is 10.3 Å². The second-order valence-electron chi connectivity index (χ2n) is 4.11. The molecule has 6 heteroatoms. The van der Waals surface area contributed by atoms with Crippen molar-refractivity contribution in [2.75, 3.05) is 11.1 Å². The van der Waals surface area contributed by atoms with E-state index in [4.69, 9.17) is 5.73 Å². The number of nitrogen functional groups attached to an aromatic ring is 1. The number of benzene rings is 1. The van der Waals surface area contributed by atoms with Gasteiger partial charge in [0, 0.05) is 11.9 Å². The number of nitrogens with one attached hydrogen (secondary N) is 2. The number of fused-ring (bicyclic) bond motifs is 1. The summed E-state index contributed by atoms with van der Waals surface area (Å²) in [6, 6.07) is 8.35. The van der Waals surface area contributed by atoms with Gasteiger partial charge in [-0.3, -0.25) is 14.9 Å². The van der Waals surface area contributed by atoms with E-state index in [-0.39, 0.29) is 5.91 Å². The van der Waals surface area contributed by atoms with Crippen LogP contribution in [0.15, 0.2) is 36.5 Å². The molecule has 19 heavy (non-hydrogen) atoms. The number of carbonyl (C=O) groups is 2. The lowest BCUT2D eigenvalue weighted by Crippen LogP contribution is -2.19. The Morgan fingerprint density at radius 3 is 2.68 bits per heavy atom. The highest BCUT2D eigenvalue weighted by atomic mass is 16.2. The molecule has 4 N–H and O–H groups in total. The van der Waals surface area contributed by atoms with Crippen LogP contribution in [-0.2, 0) is 0 Å². The van der Waals surface area contributed by atoms with Crippen molar-refractivity contribution in [2.24, 2.45) is 0 Å². The van der Waals surface area contributed by atoms with Gasteiger partial charge in [-0.25, -0.2) is 4.98 Å². The molecule has 94 valence electrons. The highest BCUT2D eigenvalue weighted by Crippen LogP contribution is 2.24. The van der Waals surface area contributed by atoms with Crippen LogP contribution in [0, 0.1) is 0 Å². The minimum atomic E-state index is -0.391. The molecule has 2 heterocycles. The van der Waals surface area contributed by atoms with Crippen molar-refractivity contribution in [3.63, 3.8) is 0 Å².